The molecule has 0 aliphatic heterocycles. The van der Waals surface area contributed by atoms with Crippen LogP contribution in [0.1, 0.15) is 27.6 Å². The van der Waals surface area contributed by atoms with Crippen LogP contribution in [0.5, 0.6) is 5.75 Å². The van der Waals surface area contributed by atoms with E-state index < -0.39 is 11.8 Å². The van der Waals surface area contributed by atoms with Gasteiger partial charge in [-0.1, -0.05) is 11.5 Å². The molecule has 1 aromatic carbocycles. The first-order chi connectivity index (χ1) is 6.43. The number of hydrogen-bond acceptors (Lipinski definition) is 3. The Morgan fingerprint density at radius 1 is 1.36 bits per heavy atom. The number of phenols is 1. The normalized spacial score (nSPS) is 9.79. The van der Waals surface area contributed by atoms with E-state index in [1.54, 1.807) is 0 Å². The topological polar surface area (TPSA) is 74.6 Å². The molecule has 0 atom stereocenters. The number of phenolic OH excluding ortho intramolecular Hbond substituents is 1. The summed E-state index contributed by atoms with van der Waals surface area (Å²) in [4.78, 5) is 21.6. The molecular weight excluding hydrogens is 183 g/mol. The van der Waals surface area contributed by atoms with Gasteiger partial charge >= 0.3 is 5.97 Å². The molecule has 0 bridgehead atoms. The summed E-state index contributed by atoms with van der Waals surface area (Å²) in [5, 5.41) is 18.0. The van der Waals surface area contributed by atoms with Gasteiger partial charge in [-0.25, -0.2) is 4.79 Å². The van der Waals surface area contributed by atoms with Gasteiger partial charge in [-0.15, -0.1) is 0 Å². The van der Waals surface area contributed by atoms with Crippen LogP contribution in [0.3, 0.4) is 0 Å². The van der Waals surface area contributed by atoms with Crippen molar-refractivity contribution < 1.29 is 19.8 Å². The van der Waals surface area contributed by atoms with Crippen molar-refractivity contribution in [1.82, 2.24) is 0 Å². The van der Waals surface area contributed by atoms with Crippen LogP contribution >= 0.6 is 0 Å². The molecule has 1 rings (SSSR count). The number of Topliss-reactive ketones (excluding diaryl/α,β-unsaturated/α-hetero) is 1. The molecule has 2 radical (unpaired) electrons. The standard InChI is InChI=1S/C9H7BO4/c1-4(11)6-2-5(9(13)14)3-7(10)8(6)12/h2-3,12H,1H3,(H,13,14). The summed E-state index contributed by atoms with van der Waals surface area (Å²) >= 11 is 0. The molecule has 0 aliphatic rings. The lowest BCUT2D eigenvalue weighted by Gasteiger charge is -2.06. The van der Waals surface area contributed by atoms with Gasteiger partial charge in [0.05, 0.1) is 11.1 Å². The molecule has 4 nitrogen and oxygen atoms in total. The molecule has 0 spiro atoms. The molecule has 1 aromatic rings. The van der Waals surface area contributed by atoms with Gasteiger partial charge in [-0.3, -0.25) is 4.79 Å². The summed E-state index contributed by atoms with van der Waals surface area (Å²) in [5.74, 6) is -2.00. The van der Waals surface area contributed by atoms with Crippen molar-refractivity contribution in [2.24, 2.45) is 0 Å². The van der Waals surface area contributed by atoms with Gasteiger partial charge in [0.2, 0.25) is 0 Å². The summed E-state index contributed by atoms with van der Waals surface area (Å²) in [6, 6.07) is 2.19. The van der Waals surface area contributed by atoms with E-state index in [0.717, 1.165) is 12.1 Å². The Kier molecular flexibility index (Phi) is 2.60. The van der Waals surface area contributed by atoms with E-state index in [-0.39, 0.29) is 22.3 Å². The summed E-state index contributed by atoms with van der Waals surface area (Å²) in [7, 11) is 5.33. The third-order valence-corrected chi connectivity index (χ3v) is 1.77. The SMILES string of the molecule is [B]c1cc(C(=O)O)cc(C(C)=O)c1O. The fourth-order valence-corrected chi connectivity index (χ4v) is 1.05. The minimum absolute atomic E-state index is 0.0811. The van der Waals surface area contributed by atoms with E-state index in [9.17, 15) is 14.7 Å². The Labute approximate surface area is 81.6 Å². The summed E-state index contributed by atoms with van der Waals surface area (Å²) in [5.41, 5.74) is -0.317. The third-order valence-electron chi connectivity index (χ3n) is 1.77. The molecule has 2 N–H and O–H groups in total. The number of aromatic hydroxyl groups is 1. The van der Waals surface area contributed by atoms with Crippen molar-refractivity contribution in [3.05, 3.63) is 23.3 Å². The predicted octanol–water partition coefficient (Wildman–Crippen LogP) is 0.0868. The molecule has 0 unspecified atom stereocenters. The number of ketones is 1. The Morgan fingerprint density at radius 3 is 2.36 bits per heavy atom. The molecule has 14 heavy (non-hydrogen) atoms. The summed E-state index contributed by atoms with van der Waals surface area (Å²) in [6.07, 6.45) is 0. The van der Waals surface area contributed by atoms with Gasteiger partial charge in [0, 0.05) is 0 Å². The van der Waals surface area contributed by atoms with Crippen LogP contribution in [-0.2, 0) is 0 Å². The highest BCUT2D eigenvalue weighted by Crippen LogP contribution is 2.16. The number of carboxylic acid groups (broad SMARTS) is 1. The van der Waals surface area contributed by atoms with Gasteiger partial charge in [0.15, 0.2) is 5.78 Å². The predicted molar refractivity (Wildman–Crippen MR) is 50.5 cm³/mol. The Hall–Kier alpha value is -1.78. The van der Waals surface area contributed by atoms with Crippen molar-refractivity contribution in [1.29, 1.82) is 0 Å². The molecule has 0 amide bonds. The fourth-order valence-electron chi connectivity index (χ4n) is 1.05. The smallest absolute Gasteiger partial charge is 0.335 e. The average Bonchev–Trinajstić information content (AvgIpc) is 2.08. The van der Waals surface area contributed by atoms with E-state index in [1.165, 1.54) is 6.92 Å². The van der Waals surface area contributed by atoms with Gasteiger partial charge in [-0.05, 0) is 13.0 Å². The zero-order valence-electron chi connectivity index (χ0n) is 7.44. The molecular formula is C9H7BO4. The molecule has 5 heteroatoms. The van der Waals surface area contributed by atoms with Gasteiger partial charge in [-0.2, -0.15) is 0 Å². The van der Waals surface area contributed by atoms with E-state index in [0.29, 0.717) is 0 Å². The second kappa shape index (κ2) is 3.53. The number of carbonyl (C=O) groups is 2. The Bertz CT molecular complexity index is 412. The van der Waals surface area contributed by atoms with Gasteiger partial charge < -0.3 is 10.2 Å². The number of rotatable bonds is 2. The molecule has 0 saturated heterocycles. The van der Waals surface area contributed by atoms with Crippen molar-refractivity contribution in [2.75, 3.05) is 0 Å². The second-order valence-electron chi connectivity index (χ2n) is 2.82. The Morgan fingerprint density at radius 2 is 1.93 bits per heavy atom. The van der Waals surface area contributed by atoms with Crippen molar-refractivity contribution in [2.45, 2.75) is 6.92 Å². The van der Waals surface area contributed by atoms with Crippen LogP contribution < -0.4 is 5.46 Å². The summed E-state index contributed by atoms with van der Waals surface area (Å²) in [6.45, 7) is 1.22. The monoisotopic (exact) mass is 190 g/mol. The van der Waals surface area contributed by atoms with Gasteiger partial charge in [0.25, 0.3) is 0 Å². The van der Waals surface area contributed by atoms with Crippen LogP contribution in [-0.4, -0.2) is 29.8 Å². The molecule has 0 fully saturated rings. The highest BCUT2D eigenvalue weighted by molar-refractivity contribution is 6.35. The lowest BCUT2D eigenvalue weighted by molar-refractivity contribution is 0.0697. The second-order valence-corrected chi connectivity index (χ2v) is 2.82. The van der Waals surface area contributed by atoms with Crippen molar-refractivity contribution in [3.8, 4) is 5.75 Å². The first kappa shape index (κ1) is 10.3. The lowest BCUT2D eigenvalue weighted by Crippen LogP contribution is -2.12. The fraction of sp³-hybridized carbons (Fsp3) is 0.111. The highest BCUT2D eigenvalue weighted by atomic mass is 16.4. The maximum Gasteiger partial charge on any atom is 0.335 e. The maximum absolute atomic E-state index is 11.0. The van der Waals surface area contributed by atoms with Crippen molar-refractivity contribution in [3.63, 3.8) is 0 Å². The zero-order valence-corrected chi connectivity index (χ0v) is 7.44. The highest BCUT2D eigenvalue weighted by Gasteiger charge is 2.13. The van der Waals surface area contributed by atoms with Crippen molar-refractivity contribution >= 4 is 25.1 Å². The minimum Gasteiger partial charge on any atom is -0.508 e. The van der Waals surface area contributed by atoms with E-state index >= 15 is 0 Å². The van der Waals surface area contributed by atoms with Crippen LogP contribution in [0, 0.1) is 0 Å². The summed E-state index contributed by atoms with van der Waals surface area (Å²) < 4.78 is 0. The molecule has 0 aromatic heterocycles. The minimum atomic E-state index is -1.20. The lowest BCUT2D eigenvalue weighted by atomic mass is 9.89. The first-order valence-electron chi connectivity index (χ1n) is 3.80. The maximum atomic E-state index is 11.0. The third kappa shape index (κ3) is 1.76. The number of carboxylic acids is 1. The average molecular weight is 190 g/mol. The Balaban J connectivity index is 3.43. The molecule has 0 heterocycles. The molecule has 0 saturated carbocycles. The van der Waals surface area contributed by atoms with E-state index in [4.69, 9.17) is 13.0 Å². The van der Waals surface area contributed by atoms with E-state index in [2.05, 4.69) is 0 Å². The van der Waals surface area contributed by atoms with E-state index in [1.807, 2.05) is 0 Å². The quantitative estimate of drug-likeness (QED) is 0.511. The van der Waals surface area contributed by atoms with Crippen LogP contribution in [0.2, 0.25) is 0 Å². The number of hydrogen-bond donors (Lipinski definition) is 2. The number of benzene rings is 1. The zero-order chi connectivity index (χ0) is 10.9. The largest absolute Gasteiger partial charge is 0.508 e. The number of carbonyl (C=O) groups excluding carboxylic acids is 1. The number of aromatic carboxylic acids is 1. The molecule has 0 aliphatic carbocycles. The molecule has 70 valence electrons. The van der Waals surface area contributed by atoms with Crippen LogP contribution in [0.25, 0.3) is 0 Å². The van der Waals surface area contributed by atoms with Gasteiger partial charge in [0.1, 0.15) is 13.6 Å². The van der Waals surface area contributed by atoms with Crippen LogP contribution in [0.4, 0.5) is 0 Å². The first-order valence-corrected chi connectivity index (χ1v) is 3.80. The van der Waals surface area contributed by atoms with Crippen LogP contribution in [0.15, 0.2) is 12.1 Å².